The standard InChI is InChI=1S/C11H11N3O7/c12-11(19)7-3-6(14(20)21)1-2-8(7)13(4-9(15)16)5-10(17)18/h1-3H,4-5H2,(H2,12,19)(H,15,16)(H,17,18). The molecule has 0 bridgehead atoms. The number of nitro groups is 1. The van der Waals surface area contributed by atoms with E-state index in [1.807, 2.05) is 0 Å². The van der Waals surface area contributed by atoms with Gasteiger partial charge in [-0.1, -0.05) is 0 Å². The Kier molecular flexibility index (Phi) is 4.78. The molecule has 112 valence electrons. The average molecular weight is 297 g/mol. The zero-order valence-electron chi connectivity index (χ0n) is 10.6. The highest BCUT2D eigenvalue weighted by Crippen LogP contribution is 2.25. The molecule has 0 fully saturated rings. The number of anilines is 1. The van der Waals surface area contributed by atoms with Gasteiger partial charge in [0, 0.05) is 12.1 Å². The first-order valence-electron chi connectivity index (χ1n) is 5.49. The molecule has 0 aliphatic rings. The van der Waals surface area contributed by atoms with E-state index < -0.39 is 41.5 Å². The number of aliphatic carboxylic acids is 2. The maximum atomic E-state index is 11.4. The van der Waals surface area contributed by atoms with E-state index in [1.54, 1.807) is 0 Å². The number of carboxylic acids is 2. The summed E-state index contributed by atoms with van der Waals surface area (Å²) in [6.07, 6.45) is 0. The molecule has 1 aromatic rings. The summed E-state index contributed by atoms with van der Waals surface area (Å²) in [6, 6.07) is 2.98. The molecule has 4 N–H and O–H groups in total. The number of rotatable bonds is 7. The summed E-state index contributed by atoms with van der Waals surface area (Å²) in [5, 5.41) is 28.2. The van der Waals surface area contributed by atoms with Crippen molar-refractivity contribution in [2.45, 2.75) is 0 Å². The van der Waals surface area contributed by atoms with Crippen LogP contribution in [0.5, 0.6) is 0 Å². The molecule has 0 saturated heterocycles. The van der Waals surface area contributed by atoms with Gasteiger partial charge in [0.15, 0.2) is 0 Å². The van der Waals surface area contributed by atoms with Crippen LogP contribution in [0.4, 0.5) is 11.4 Å². The lowest BCUT2D eigenvalue weighted by Gasteiger charge is -2.22. The van der Waals surface area contributed by atoms with Gasteiger partial charge < -0.3 is 20.8 Å². The predicted molar refractivity (Wildman–Crippen MR) is 69.1 cm³/mol. The van der Waals surface area contributed by atoms with Crippen LogP contribution in [0.25, 0.3) is 0 Å². The summed E-state index contributed by atoms with van der Waals surface area (Å²) in [7, 11) is 0. The van der Waals surface area contributed by atoms with Gasteiger partial charge in [0.25, 0.3) is 11.6 Å². The molecular formula is C11H11N3O7. The Morgan fingerprint density at radius 1 is 1.19 bits per heavy atom. The van der Waals surface area contributed by atoms with Crippen LogP contribution in [0.15, 0.2) is 18.2 Å². The number of hydrogen-bond acceptors (Lipinski definition) is 6. The normalized spacial score (nSPS) is 9.90. The molecule has 10 nitrogen and oxygen atoms in total. The van der Waals surface area contributed by atoms with Crippen LogP contribution < -0.4 is 10.6 Å². The van der Waals surface area contributed by atoms with Crippen molar-refractivity contribution in [3.63, 3.8) is 0 Å². The minimum Gasteiger partial charge on any atom is -0.480 e. The van der Waals surface area contributed by atoms with Gasteiger partial charge >= 0.3 is 11.9 Å². The third-order valence-corrected chi connectivity index (χ3v) is 2.45. The smallest absolute Gasteiger partial charge is 0.323 e. The number of nitrogens with two attached hydrogens (primary N) is 1. The minimum absolute atomic E-state index is 0.0992. The predicted octanol–water partition coefficient (Wildman–Crippen LogP) is -0.331. The maximum absolute atomic E-state index is 11.4. The molecule has 0 aromatic heterocycles. The van der Waals surface area contributed by atoms with E-state index in [2.05, 4.69) is 0 Å². The minimum atomic E-state index is -1.33. The number of amides is 1. The molecule has 0 spiro atoms. The summed E-state index contributed by atoms with van der Waals surface area (Å²) >= 11 is 0. The van der Waals surface area contributed by atoms with E-state index >= 15 is 0 Å². The van der Waals surface area contributed by atoms with Crippen molar-refractivity contribution in [3.8, 4) is 0 Å². The van der Waals surface area contributed by atoms with Crippen molar-refractivity contribution >= 4 is 29.2 Å². The van der Waals surface area contributed by atoms with E-state index in [9.17, 15) is 24.5 Å². The van der Waals surface area contributed by atoms with Crippen LogP contribution in [-0.4, -0.2) is 46.1 Å². The van der Waals surface area contributed by atoms with Crippen molar-refractivity contribution in [2.75, 3.05) is 18.0 Å². The van der Waals surface area contributed by atoms with Crippen LogP contribution in [0.1, 0.15) is 10.4 Å². The van der Waals surface area contributed by atoms with Crippen molar-refractivity contribution in [1.82, 2.24) is 0 Å². The van der Waals surface area contributed by atoms with Crippen molar-refractivity contribution in [3.05, 3.63) is 33.9 Å². The number of carbonyl (C=O) groups excluding carboxylic acids is 1. The second-order valence-electron chi connectivity index (χ2n) is 3.97. The molecular weight excluding hydrogens is 286 g/mol. The number of carboxylic acid groups (broad SMARTS) is 2. The Bertz CT molecular complexity index is 598. The SMILES string of the molecule is NC(=O)c1cc([N+](=O)[O-])ccc1N(CC(=O)O)CC(=O)O. The third-order valence-electron chi connectivity index (χ3n) is 2.45. The number of non-ortho nitro benzene ring substituents is 1. The summed E-state index contributed by atoms with van der Waals surface area (Å²) in [5.74, 6) is -3.69. The highest BCUT2D eigenvalue weighted by Gasteiger charge is 2.22. The summed E-state index contributed by atoms with van der Waals surface area (Å²) in [5.41, 5.74) is 4.26. The highest BCUT2D eigenvalue weighted by atomic mass is 16.6. The molecule has 0 atom stereocenters. The summed E-state index contributed by atoms with van der Waals surface area (Å²) in [4.78, 5) is 43.7. The molecule has 0 heterocycles. The number of primary amides is 1. The van der Waals surface area contributed by atoms with Crippen molar-refractivity contribution < 1.29 is 29.5 Å². The second kappa shape index (κ2) is 6.32. The zero-order chi connectivity index (χ0) is 16.2. The van der Waals surface area contributed by atoms with Crippen molar-refractivity contribution in [1.29, 1.82) is 0 Å². The summed E-state index contributed by atoms with van der Waals surface area (Å²) in [6.45, 7) is -1.41. The number of carbonyl (C=O) groups is 3. The van der Waals surface area contributed by atoms with Crippen molar-refractivity contribution in [2.24, 2.45) is 5.73 Å². The van der Waals surface area contributed by atoms with E-state index in [4.69, 9.17) is 15.9 Å². The van der Waals surface area contributed by atoms with Gasteiger partial charge in [-0.3, -0.25) is 24.5 Å². The fraction of sp³-hybridized carbons (Fsp3) is 0.182. The van der Waals surface area contributed by atoms with E-state index in [1.165, 1.54) is 0 Å². The Balaban J connectivity index is 3.35. The molecule has 21 heavy (non-hydrogen) atoms. The van der Waals surface area contributed by atoms with Crippen LogP contribution >= 0.6 is 0 Å². The quantitative estimate of drug-likeness (QED) is 0.454. The van der Waals surface area contributed by atoms with Gasteiger partial charge in [-0.2, -0.15) is 0 Å². The largest absolute Gasteiger partial charge is 0.480 e. The Labute approximate surface area is 117 Å². The van der Waals surface area contributed by atoms with Gasteiger partial charge in [-0.25, -0.2) is 0 Å². The molecule has 1 aromatic carbocycles. The fourth-order valence-corrected chi connectivity index (χ4v) is 1.66. The maximum Gasteiger partial charge on any atom is 0.323 e. The molecule has 0 radical (unpaired) electrons. The molecule has 0 aliphatic heterocycles. The monoisotopic (exact) mass is 297 g/mol. The van der Waals surface area contributed by atoms with Gasteiger partial charge in [0.1, 0.15) is 13.1 Å². The molecule has 0 unspecified atom stereocenters. The van der Waals surface area contributed by atoms with Crippen LogP contribution in [-0.2, 0) is 9.59 Å². The zero-order valence-corrected chi connectivity index (χ0v) is 10.6. The van der Waals surface area contributed by atoms with E-state index in [-0.39, 0.29) is 11.3 Å². The average Bonchev–Trinajstić information content (AvgIpc) is 2.35. The number of nitrogens with zero attached hydrogens (tertiary/aromatic N) is 2. The Hall–Kier alpha value is -3.17. The van der Waals surface area contributed by atoms with Crippen LogP contribution in [0.3, 0.4) is 0 Å². The number of hydrogen-bond donors (Lipinski definition) is 3. The van der Waals surface area contributed by atoms with Crippen LogP contribution in [0.2, 0.25) is 0 Å². The second-order valence-corrected chi connectivity index (χ2v) is 3.97. The molecule has 0 aliphatic carbocycles. The Morgan fingerprint density at radius 2 is 1.71 bits per heavy atom. The number of benzene rings is 1. The van der Waals surface area contributed by atoms with E-state index in [0.717, 1.165) is 23.1 Å². The topological polar surface area (TPSA) is 164 Å². The van der Waals surface area contributed by atoms with Gasteiger partial charge in [0.2, 0.25) is 0 Å². The lowest BCUT2D eigenvalue weighted by Crippen LogP contribution is -2.36. The first-order valence-corrected chi connectivity index (χ1v) is 5.49. The lowest BCUT2D eigenvalue weighted by molar-refractivity contribution is -0.384. The lowest BCUT2D eigenvalue weighted by atomic mass is 10.1. The fourth-order valence-electron chi connectivity index (χ4n) is 1.66. The molecule has 10 heteroatoms. The first-order chi connectivity index (χ1) is 9.72. The van der Waals surface area contributed by atoms with E-state index in [0.29, 0.717) is 0 Å². The highest BCUT2D eigenvalue weighted by molar-refractivity contribution is 6.00. The van der Waals surface area contributed by atoms with Gasteiger partial charge in [0.05, 0.1) is 16.2 Å². The summed E-state index contributed by atoms with van der Waals surface area (Å²) < 4.78 is 0. The molecule has 1 rings (SSSR count). The number of nitro benzene ring substituents is 1. The molecule has 1 amide bonds. The van der Waals surface area contributed by atoms with Gasteiger partial charge in [-0.05, 0) is 6.07 Å². The first kappa shape index (κ1) is 15.9. The van der Waals surface area contributed by atoms with Crippen LogP contribution in [0, 0.1) is 10.1 Å². The third kappa shape index (κ3) is 4.16. The van der Waals surface area contributed by atoms with Gasteiger partial charge in [-0.15, -0.1) is 0 Å². The Morgan fingerprint density at radius 3 is 2.10 bits per heavy atom. The molecule has 0 saturated carbocycles.